The Morgan fingerprint density at radius 1 is 1.06 bits per heavy atom. The summed E-state index contributed by atoms with van der Waals surface area (Å²) in [6.45, 7) is 0.425. The molecular weight excluding hydrogens is 523 g/mol. The maximum Gasteiger partial charge on any atom is 0.276 e. The summed E-state index contributed by atoms with van der Waals surface area (Å²) < 4.78 is 12.7. The highest BCUT2D eigenvalue weighted by Crippen LogP contribution is 2.36. The molecule has 0 unspecified atom stereocenters. The average Bonchev–Trinajstić information content (AvgIpc) is 2.96. The summed E-state index contributed by atoms with van der Waals surface area (Å²) in [7, 11) is 5.08. The topological polar surface area (TPSA) is 42.0 Å². The van der Waals surface area contributed by atoms with Crippen molar-refractivity contribution in [1.82, 2.24) is 9.80 Å². The molecule has 4 rings (SSSR count). The van der Waals surface area contributed by atoms with Crippen molar-refractivity contribution >= 4 is 62.7 Å². The third-order valence-electron chi connectivity index (χ3n) is 5.27. The van der Waals surface area contributed by atoms with E-state index in [2.05, 4.69) is 46.9 Å². The first-order valence-electron chi connectivity index (χ1n) is 9.65. The minimum Gasteiger partial charge on any atom is -0.493 e. The van der Waals surface area contributed by atoms with E-state index >= 15 is 0 Å². The van der Waals surface area contributed by atoms with Crippen molar-refractivity contribution in [1.29, 1.82) is 0 Å². The largest absolute Gasteiger partial charge is 0.493 e. The lowest BCUT2D eigenvalue weighted by Crippen LogP contribution is -2.26. The van der Waals surface area contributed by atoms with E-state index in [1.54, 1.807) is 26.1 Å². The van der Waals surface area contributed by atoms with Gasteiger partial charge in [-0.3, -0.25) is 9.69 Å². The number of halogens is 1. The molecule has 0 aromatic heterocycles. The molecule has 1 saturated heterocycles. The normalized spacial score (nSPS) is 15.3. The lowest BCUT2D eigenvalue weighted by molar-refractivity contribution is -0.121. The van der Waals surface area contributed by atoms with Gasteiger partial charge in [0.1, 0.15) is 12.3 Å². The predicted octanol–water partition coefficient (Wildman–Crippen LogP) is 5.06. The second-order valence-electron chi connectivity index (χ2n) is 7.20. The Kier molecular flexibility index (Phi) is 6.15. The summed E-state index contributed by atoms with van der Waals surface area (Å²) >= 11 is 7.52. The highest BCUT2D eigenvalue weighted by atomic mass is 127. The molecule has 0 saturated carbocycles. The third-order valence-corrected chi connectivity index (χ3v) is 6.62. The second-order valence-corrected chi connectivity index (χ2v) is 8.72. The fourth-order valence-electron chi connectivity index (χ4n) is 3.58. The SMILES string of the molecule is COc1cc(C=C2C(=O)N(C)C(=S)N2C)cc(I)c1OCc1cccc2ccccc12. The van der Waals surface area contributed by atoms with Crippen molar-refractivity contribution in [3.8, 4) is 11.5 Å². The van der Waals surface area contributed by atoms with Gasteiger partial charge in [-0.05, 0) is 74.9 Å². The third kappa shape index (κ3) is 4.12. The quantitative estimate of drug-likeness (QED) is 0.255. The Morgan fingerprint density at radius 2 is 1.81 bits per heavy atom. The molecule has 31 heavy (non-hydrogen) atoms. The fraction of sp³-hybridized carbons (Fsp3) is 0.167. The molecule has 0 bridgehead atoms. The fourth-order valence-corrected chi connectivity index (χ4v) is 4.54. The molecule has 1 fully saturated rings. The zero-order valence-corrected chi connectivity index (χ0v) is 20.4. The molecule has 3 aromatic rings. The summed E-state index contributed by atoms with van der Waals surface area (Å²) in [6.07, 6.45) is 1.82. The molecule has 1 heterocycles. The van der Waals surface area contributed by atoms with E-state index in [0.717, 1.165) is 14.7 Å². The minimum atomic E-state index is -0.127. The van der Waals surface area contributed by atoms with Gasteiger partial charge in [-0.15, -0.1) is 0 Å². The van der Waals surface area contributed by atoms with Crippen LogP contribution in [0.4, 0.5) is 0 Å². The number of benzene rings is 3. The van der Waals surface area contributed by atoms with Gasteiger partial charge in [0.15, 0.2) is 16.6 Å². The number of likely N-dealkylation sites (N-methyl/N-ethyl adjacent to an activating group) is 2. The summed E-state index contributed by atoms with van der Waals surface area (Å²) in [5, 5.41) is 2.83. The van der Waals surface area contributed by atoms with Crippen molar-refractivity contribution in [2.24, 2.45) is 0 Å². The van der Waals surface area contributed by atoms with Gasteiger partial charge < -0.3 is 14.4 Å². The van der Waals surface area contributed by atoms with Crippen LogP contribution in [0.15, 0.2) is 60.3 Å². The van der Waals surface area contributed by atoms with Crippen LogP contribution in [0.25, 0.3) is 16.8 Å². The average molecular weight is 544 g/mol. The van der Waals surface area contributed by atoms with Crippen LogP contribution in [0.5, 0.6) is 11.5 Å². The number of nitrogens with zero attached hydrogens (tertiary/aromatic N) is 2. The number of rotatable bonds is 5. The molecule has 1 aliphatic rings. The molecule has 1 amide bonds. The summed E-state index contributed by atoms with van der Waals surface area (Å²) in [5.41, 5.74) is 2.47. The van der Waals surface area contributed by atoms with Crippen LogP contribution >= 0.6 is 34.8 Å². The molecule has 0 N–H and O–H groups in total. The van der Waals surface area contributed by atoms with Crippen molar-refractivity contribution in [2.75, 3.05) is 21.2 Å². The molecule has 0 aliphatic carbocycles. The number of methoxy groups -OCH3 is 1. The summed E-state index contributed by atoms with van der Waals surface area (Å²) in [4.78, 5) is 15.6. The van der Waals surface area contributed by atoms with Gasteiger partial charge in [0.25, 0.3) is 5.91 Å². The number of hydrogen-bond donors (Lipinski definition) is 0. The number of hydrogen-bond acceptors (Lipinski definition) is 4. The molecule has 0 spiro atoms. The molecule has 1 aliphatic heterocycles. The van der Waals surface area contributed by atoms with Gasteiger partial charge in [0.05, 0.1) is 10.7 Å². The van der Waals surface area contributed by atoms with E-state index in [9.17, 15) is 4.79 Å². The first kappa shape index (κ1) is 21.6. The van der Waals surface area contributed by atoms with Crippen LogP contribution in [0.2, 0.25) is 0 Å². The standard InChI is InChI=1S/C24H21IN2O3S/c1-26-20(23(28)27(2)24(26)31)12-15-11-19(25)22(21(13-15)29-3)30-14-17-9-6-8-16-7-4-5-10-18(16)17/h4-13H,14H2,1-3H3. The van der Waals surface area contributed by atoms with Gasteiger partial charge in [-0.2, -0.15) is 0 Å². The van der Waals surface area contributed by atoms with Crippen LogP contribution in [0.1, 0.15) is 11.1 Å². The summed E-state index contributed by atoms with van der Waals surface area (Å²) in [6, 6.07) is 18.3. The molecular formula is C24H21IN2O3S. The summed E-state index contributed by atoms with van der Waals surface area (Å²) in [5.74, 6) is 1.16. The number of thiocarbonyl (C=S) groups is 1. The van der Waals surface area contributed by atoms with E-state index in [1.807, 2.05) is 36.4 Å². The zero-order chi connectivity index (χ0) is 22.1. The Hall–Kier alpha value is -2.65. The minimum absolute atomic E-state index is 0.127. The number of ether oxygens (including phenoxy) is 2. The number of amides is 1. The van der Waals surface area contributed by atoms with E-state index in [0.29, 0.717) is 28.9 Å². The van der Waals surface area contributed by atoms with Gasteiger partial charge in [-0.25, -0.2) is 0 Å². The molecule has 0 radical (unpaired) electrons. The van der Waals surface area contributed by atoms with Crippen molar-refractivity contribution < 1.29 is 14.3 Å². The maximum absolute atomic E-state index is 12.5. The van der Waals surface area contributed by atoms with Crippen LogP contribution in [-0.2, 0) is 11.4 Å². The van der Waals surface area contributed by atoms with Gasteiger partial charge in [0, 0.05) is 14.1 Å². The van der Waals surface area contributed by atoms with Gasteiger partial charge in [-0.1, -0.05) is 42.5 Å². The lowest BCUT2D eigenvalue weighted by Gasteiger charge is -2.15. The van der Waals surface area contributed by atoms with Crippen LogP contribution < -0.4 is 9.47 Å². The van der Waals surface area contributed by atoms with Gasteiger partial charge in [0.2, 0.25) is 0 Å². The molecule has 7 heteroatoms. The molecule has 3 aromatic carbocycles. The van der Waals surface area contributed by atoms with Crippen LogP contribution in [0.3, 0.4) is 0 Å². The first-order valence-corrected chi connectivity index (χ1v) is 11.1. The van der Waals surface area contributed by atoms with E-state index in [4.69, 9.17) is 21.7 Å². The zero-order valence-electron chi connectivity index (χ0n) is 17.4. The first-order chi connectivity index (χ1) is 14.9. The highest BCUT2D eigenvalue weighted by molar-refractivity contribution is 14.1. The van der Waals surface area contributed by atoms with Crippen molar-refractivity contribution in [2.45, 2.75) is 6.61 Å². The second kappa shape index (κ2) is 8.84. The Labute approximate surface area is 200 Å². The van der Waals surface area contributed by atoms with Crippen LogP contribution in [0, 0.1) is 3.57 Å². The smallest absolute Gasteiger partial charge is 0.276 e. The monoisotopic (exact) mass is 544 g/mol. The Balaban J connectivity index is 1.64. The van der Waals surface area contributed by atoms with E-state index in [-0.39, 0.29) is 5.91 Å². The predicted molar refractivity (Wildman–Crippen MR) is 135 cm³/mol. The highest BCUT2D eigenvalue weighted by Gasteiger charge is 2.32. The van der Waals surface area contributed by atoms with E-state index < -0.39 is 0 Å². The molecule has 158 valence electrons. The van der Waals surface area contributed by atoms with Crippen molar-refractivity contribution in [3.63, 3.8) is 0 Å². The molecule has 0 atom stereocenters. The maximum atomic E-state index is 12.5. The Bertz CT molecular complexity index is 1220. The van der Waals surface area contributed by atoms with E-state index in [1.165, 1.54) is 15.7 Å². The number of carbonyl (C=O) groups is 1. The number of fused-ring (bicyclic) bond motifs is 1. The Morgan fingerprint density at radius 3 is 2.52 bits per heavy atom. The van der Waals surface area contributed by atoms with Crippen LogP contribution in [-0.4, -0.2) is 42.0 Å². The van der Waals surface area contributed by atoms with Crippen molar-refractivity contribution in [3.05, 3.63) is 75.0 Å². The molecule has 5 nitrogen and oxygen atoms in total. The lowest BCUT2D eigenvalue weighted by atomic mass is 10.1. The van der Waals surface area contributed by atoms with Gasteiger partial charge >= 0.3 is 0 Å². The number of carbonyl (C=O) groups excluding carboxylic acids is 1.